The van der Waals surface area contributed by atoms with Crippen molar-refractivity contribution in [2.75, 3.05) is 13.2 Å². The highest BCUT2D eigenvalue weighted by Gasteiger charge is 2.36. The van der Waals surface area contributed by atoms with Gasteiger partial charge in [0.25, 0.3) is 0 Å². The number of carboxylic acid groups (broad SMARTS) is 1. The summed E-state index contributed by atoms with van der Waals surface area (Å²) in [5.74, 6) is -1.23. The second kappa shape index (κ2) is 5.24. The Kier molecular flexibility index (Phi) is 4.19. The van der Waals surface area contributed by atoms with Gasteiger partial charge in [-0.25, -0.2) is 9.59 Å². The minimum atomic E-state index is -4.61. The van der Waals surface area contributed by atoms with Gasteiger partial charge in [0.05, 0.1) is 0 Å². The van der Waals surface area contributed by atoms with Crippen LogP contribution in [0.1, 0.15) is 19.3 Å². The molecule has 1 heterocycles. The van der Waals surface area contributed by atoms with E-state index in [-0.39, 0.29) is 13.0 Å². The van der Waals surface area contributed by atoms with Gasteiger partial charge in [0.1, 0.15) is 6.04 Å². The number of amides is 1. The summed E-state index contributed by atoms with van der Waals surface area (Å²) in [6.45, 7) is -1.59. The number of ether oxygens (including phenoxy) is 1. The van der Waals surface area contributed by atoms with Crippen LogP contribution in [0.2, 0.25) is 0 Å². The summed E-state index contributed by atoms with van der Waals surface area (Å²) in [6, 6.07) is -1.09. The Hall–Kier alpha value is -1.47. The zero-order chi connectivity index (χ0) is 13.1. The van der Waals surface area contributed by atoms with Gasteiger partial charge < -0.3 is 9.84 Å². The number of likely N-dealkylation sites (tertiary alicyclic amines) is 1. The number of aliphatic carboxylic acids is 1. The number of carboxylic acids is 1. The van der Waals surface area contributed by atoms with Crippen molar-refractivity contribution in [2.24, 2.45) is 0 Å². The number of alkyl halides is 3. The third-order valence-electron chi connectivity index (χ3n) is 2.38. The van der Waals surface area contributed by atoms with Crippen LogP contribution in [0.4, 0.5) is 18.0 Å². The van der Waals surface area contributed by atoms with Gasteiger partial charge in [0.15, 0.2) is 6.61 Å². The quantitative estimate of drug-likeness (QED) is 0.814. The summed E-state index contributed by atoms with van der Waals surface area (Å²) in [4.78, 5) is 22.9. The van der Waals surface area contributed by atoms with Crippen molar-refractivity contribution >= 4 is 12.1 Å². The Morgan fingerprint density at radius 3 is 2.53 bits per heavy atom. The molecule has 1 rings (SSSR count). The molecule has 0 spiro atoms. The second-order valence-electron chi connectivity index (χ2n) is 3.71. The second-order valence-corrected chi connectivity index (χ2v) is 3.71. The molecule has 98 valence electrons. The van der Waals surface area contributed by atoms with E-state index in [1.807, 2.05) is 0 Å². The fraction of sp³-hybridized carbons (Fsp3) is 0.778. The van der Waals surface area contributed by atoms with Crippen molar-refractivity contribution in [2.45, 2.75) is 31.5 Å². The molecule has 1 amide bonds. The van der Waals surface area contributed by atoms with E-state index in [0.717, 1.165) is 4.90 Å². The van der Waals surface area contributed by atoms with Crippen LogP contribution in [-0.2, 0) is 9.53 Å². The van der Waals surface area contributed by atoms with Gasteiger partial charge in [-0.1, -0.05) is 0 Å². The molecule has 1 N–H and O–H groups in total. The summed E-state index contributed by atoms with van der Waals surface area (Å²) in [5.41, 5.74) is 0. The minimum Gasteiger partial charge on any atom is -0.480 e. The van der Waals surface area contributed by atoms with Crippen molar-refractivity contribution in [3.8, 4) is 0 Å². The van der Waals surface area contributed by atoms with Gasteiger partial charge in [-0.15, -0.1) is 0 Å². The van der Waals surface area contributed by atoms with Crippen LogP contribution in [0.15, 0.2) is 0 Å². The molecule has 0 radical (unpaired) electrons. The van der Waals surface area contributed by atoms with E-state index in [2.05, 4.69) is 4.74 Å². The third kappa shape index (κ3) is 4.12. The Bertz CT molecular complexity index is 305. The predicted octanol–water partition coefficient (Wildman–Crippen LogP) is 1.62. The standard InChI is InChI=1S/C9H12F3NO4/c10-9(11,12)5-17-8(16)13-4-2-1-3-6(13)7(14)15/h6H,1-5H2,(H,14,15). The van der Waals surface area contributed by atoms with E-state index in [1.54, 1.807) is 0 Å². The molecule has 8 heteroatoms. The van der Waals surface area contributed by atoms with Crippen molar-refractivity contribution in [1.82, 2.24) is 4.90 Å². The molecule has 1 aliphatic rings. The molecular formula is C9H12F3NO4. The number of nitrogens with zero attached hydrogens (tertiary/aromatic N) is 1. The molecule has 0 aromatic carbocycles. The molecule has 17 heavy (non-hydrogen) atoms. The zero-order valence-electron chi connectivity index (χ0n) is 8.87. The highest BCUT2D eigenvalue weighted by Crippen LogP contribution is 2.20. The summed E-state index contributed by atoms with van der Waals surface area (Å²) >= 11 is 0. The maximum atomic E-state index is 11.8. The van der Waals surface area contributed by atoms with E-state index in [0.29, 0.717) is 12.8 Å². The van der Waals surface area contributed by atoms with Gasteiger partial charge in [-0.2, -0.15) is 13.2 Å². The van der Waals surface area contributed by atoms with E-state index in [1.165, 1.54) is 0 Å². The van der Waals surface area contributed by atoms with Gasteiger partial charge >= 0.3 is 18.2 Å². The lowest BCUT2D eigenvalue weighted by Gasteiger charge is -2.32. The molecule has 1 atom stereocenters. The number of rotatable bonds is 2. The maximum absolute atomic E-state index is 11.8. The van der Waals surface area contributed by atoms with Crippen LogP contribution in [0.3, 0.4) is 0 Å². The fourth-order valence-electron chi connectivity index (χ4n) is 1.63. The van der Waals surface area contributed by atoms with E-state index < -0.39 is 30.9 Å². The van der Waals surface area contributed by atoms with Crippen molar-refractivity contribution in [1.29, 1.82) is 0 Å². The molecule has 0 saturated carbocycles. The van der Waals surface area contributed by atoms with Gasteiger partial charge in [-0.05, 0) is 19.3 Å². The number of carbonyl (C=O) groups excluding carboxylic acids is 1. The molecule has 1 fully saturated rings. The van der Waals surface area contributed by atoms with E-state index in [4.69, 9.17) is 5.11 Å². The fourth-order valence-corrected chi connectivity index (χ4v) is 1.63. The lowest BCUT2D eigenvalue weighted by molar-refractivity contribution is -0.164. The highest BCUT2D eigenvalue weighted by molar-refractivity contribution is 5.80. The van der Waals surface area contributed by atoms with Crippen LogP contribution in [0.25, 0.3) is 0 Å². The lowest BCUT2D eigenvalue weighted by atomic mass is 10.0. The molecule has 1 unspecified atom stereocenters. The highest BCUT2D eigenvalue weighted by atomic mass is 19.4. The number of piperidine rings is 1. The monoisotopic (exact) mass is 255 g/mol. The molecular weight excluding hydrogens is 243 g/mol. The molecule has 0 aromatic heterocycles. The third-order valence-corrected chi connectivity index (χ3v) is 2.38. The summed E-state index contributed by atoms with van der Waals surface area (Å²) in [6.07, 6.45) is -4.42. The topological polar surface area (TPSA) is 66.8 Å². The van der Waals surface area contributed by atoms with Crippen LogP contribution in [0.5, 0.6) is 0 Å². The van der Waals surface area contributed by atoms with Crippen LogP contribution >= 0.6 is 0 Å². The van der Waals surface area contributed by atoms with Crippen molar-refractivity contribution in [3.63, 3.8) is 0 Å². The Morgan fingerprint density at radius 2 is 2.00 bits per heavy atom. The summed E-state index contributed by atoms with van der Waals surface area (Å²) in [5, 5.41) is 8.81. The molecule has 0 aromatic rings. The first-order valence-electron chi connectivity index (χ1n) is 5.04. The van der Waals surface area contributed by atoms with E-state index >= 15 is 0 Å². The van der Waals surface area contributed by atoms with Gasteiger partial charge in [-0.3, -0.25) is 4.90 Å². The van der Waals surface area contributed by atoms with Crippen LogP contribution < -0.4 is 0 Å². The first kappa shape index (κ1) is 13.6. The average molecular weight is 255 g/mol. The zero-order valence-corrected chi connectivity index (χ0v) is 8.87. The first-order valence-corrected chi connectivity index (χ1v) is 5.04. The summed E-state index contributed by atoms with van der Waals surface area (Å²) in [7, 11) is 0. The Morgan fingerprint density at radius 1 is 1.35 bits per heavy atom. The normalized spacial score (nSPS) is 21.1. The molecule has 1 aliphatic heterocycles. The van der Waals surface area contributed by atoms with Gasteiger partial charge in [0.2, 0.25) is 0 Å². The number of hydrogen-bond acceptors (Lipinski definition) is 3. The molecule has 1 saturated heterocycles. The number of hydrogen-bond donors (Lipinski definition) is 1. The van der Waals surface area contributed by atoms with Crippen LogP contribution in [0, 0.1) is 0 Å². The SMILES string of the molecule is O=C(O)C1CCCCN1C(=O)OCC(F)(F)F. The Balaban J connectivity index is 2.56. The average Bonchev–Trinajstić information content (AvgIpc) is 2.25. The van der Waals surface area contributed by atoms with Crippen molar-refractivity contribution in [3.05, 3.63) is 0 Å². The van der Waals surface area contributed by atoms with Crippen LogP contribution in [-0.4, -0.2) is 47.4 Å². The first-order chi connectivity index (χ1) is 7.81. The number of carbonyl (C=O) groups is 2. The minimum absolute atomic E-state index is 0.105. The maximum Gasteiger partial charge on any atom is 0.422 e. The number of halogens is 3. The largest absolute Gasteiger partial charge is 0.480 e. The molecule has 0 aliphatic carbocycles. The smallest absolute Gasteiger partial charge is 0.422 e. The predicted molar refractivity (Wildman–Crippen MR) is 49.4 cm³/mol. The summed E-state index contributed by atoms with van der Waals surface area (Å²) < 4.78 is 39.5. The molecule has 5 nitrogen and oxygen atoms in total. The van der Waals surface area contributed by atoms with E-state index in [9.17, 15) is 22.8 Å². The molecule has 0 bridgehead atoms. The lowest BCUT2D eigenvalue weighted by Crippen LogP contribution is -2.48. The van der Waals surface area contributed by atoms with Gasteiger partial charge in [0, 0.05) is 6.54 Å². The van der Waals surface area contributed by atoms with Crippen molar-refractivity contribution < 1.29 is 32.6 Å². The Labute approximate surface area is 95.1 Å².